The highest BCUT2D eigenvalue weighted by Crippen LogP contribution is 2.39. The number of rotatable bonds is 1. The van der Waals surface area contributed by atoms with E-state index in [-0.39, 0.29) is 0 Å². The van der Waals surface area contributed by atoms with Crippen molar-refractivity contribution in [3.05, 3.63) is 182 Å². The van der Waals surface area contributed by atoms with Gasteiger partial charge in [0.15, 0.2) is 5.65 Å². The zero-order valence-corrected chi connectivity index (χ0v) is 31.9. The van der Waals surface area contributed by atoms with Crippen molar-refractivity contribution in [3.8, 4) is 5.95 Å². The van der Waals surface area contributed by atoms with Gasteiger partial charge in [0.25, 0.3) is 0 Å². The minimum atomic E-state index is 0.478. The molecule has 0 atom stereocenters. The Morgan fingerprint density at radius 1 is 0.283 bits per heavy atom. The van der Waals surface area contributed by atoms with Gasteiger partial charge in [-0.1, -0.05) is 133 Å². The molecular weight excluding hydrogens is 737 g/mol. The third kappa shape index (κ3) is 4.08. The van der Waals surface area contributed by atoms with Gasteiger partial charge in [0.2, 0.25) is 17.5 Å². The first-order valence-corrected chi connectivity index (χ1v) is 20.2. The van der Waals surface area contributed by atoms with E-state index in [1.165, 1.54) is 10.8 Å². The maximum atomic E-state index is 5.53. The van der Waals surface area contributed by atoms with Gasteiger partial charge in [0.1, 0.15) is 0 Å². The quantitative estimate of drug-likeness (QED) is 0.167. The molecule has 0 aliphatic carbocycles. The normalized spacial score (nSPS) is 12.3. The van der Waals surface area contributed by atoms with Crippen LogP contribution in [0, 0.1) is 0 Å². The van der Waals surface area contributed by atoms with Crippen molar-refractivity contribution in [1.29, 1.82) is 0 Å². The molecule has 0 fully saturated rings. The number of hydrogen-bond donors (Lipinski definition) is 0. The van der Waals surface area contributed by atoms with Gasteiger partial charge in [-0.3, -0.25) is 8.97 Å². The van der Waals surface area contributed by atoms with E-state index in [9.17, 15) is 0 Å². The third-order valence-electron chi connectivity index (χ3n) is 12.4. The number of fused-ring (bicyclic) bond motifs is 20. The molecule has 0 spiro atoms. The summed E-state index contributed by atoms with van der Waals surface area (Å²) in [5, 5.41) is 9.92. The lowest BCUT2D eigenvalue weighted by Gasteiger charge is -2.08. The molecule has 8 nitrogen and oxygen atoms in total. The van der Waals surface area contributed by atoms with Crippen LogP contribution in [0.25, 0.3) is 121 Å². The Morgan fingerprint density at radius 3 is 1.43 bits per heavy atom. The minimum absolute atomic E-state index is 0.478. The fourth-order valence-corrected chi connectivity index (χ4v) is 9.96. The van der Waals surface area contributed by atoms with Gasteiger partial charge >= 0.3 is 0 Å². The molecule has 0 saturated carbocycles. The molecule has 14 aromatic rings. The van der Waals surface area contributed by atoms with Crippen molar-refractivity contribution in [1.82, 2.24) is 37.7 Å². The van der Waals surface area contributed by atoms with Crippen molar-refractivity contribution in [2.75, 3.05) is 0 Å². The Labute approximate surface area is 339 Å². The second-order valence-corrected chi connectivity index (χ2v) is 15.5. The fourth-order valence-electron chi connectivity index (χ4n) is 9.96. The molecule has 2 bridgehead atoms. The van der Waals surface area contributed by atoms with E-state index in [1.54, 1.807) is 0 Å². The number of aromatic nitrogens is 8. The highest BCUT2D eigenvalue weighted by molar-refractivity contribution is 6.23. The van der Waals surface area contributed by atoms with Gasteiger partial charge in [-0.05, 0) is 59.3 Å². The van der Waals surface area contributed by atoms with Gasteiger partial charge in [-0.15, -0.1) is 0 Å². The second kappa shape index (κ2) is 11.6. The van der Waals surface area contributed by atoms with Crippen LogP contribution in [-0.2, 0) is 0 Å². The molecule has 6 aromatic heterocycles. The third-order valence-corrected chi connectivity index (χ3v) is 12.4. The summed E-state index contributed by atoms with van der Waals surface area (Å²) in [6.45, 7) is 0. The van der Waals surface area contributed by atoms with E-state index in [0.717, 1.165) is 93.1 Å². The molecule has 8 heteroatoms. The van der Waals surface area contributed by atoms with Gasteiger partial charge in [-0.25, -0.2) is 9.38 Å². The average molecular weight is 767 g/mol. The van der Waals surface area contributed by atoms with Crippen LogP contribution in [0.1, 0.15) is 0 Å². The maximum Gasteiger partial charge on any atom is 0.242 e. The molecule has 6 heterocycles. The number of nitrogens with zero attached hydrogens (tertiary/aromatic N) is 8. The monoisotopic (exact) mass is 766 g/mol. The molecule has 8 aromatic carbocycles. The highest BCUT2D eigenvalue weighted by Gasteiger charge is 2.21. The van der Waals surface area contributed by atoms with E-state index < -0.39 is 0 Å². The maximum absolute atomic E-state index is 5.53. The van der Waals surface area contributed by atoms with Crippen LogP contribution in [0.3, 0.4) is 0 Å². The van der Waals surface area contributed by atoms with Crippen LogP contribution in [0.4, 0.5) is 0 Å². The van der Waals surface area contributed by atoms with Crippen LogP contribution in [-0.4, -0.2) is 37.7 Å². The molecule has 278 valence electrons. The van der Waals surface area contributed by atoms with Gasteiger partial charge in [0, 0.05) is 37.7 Å². The molecule has 0 saturated heterocycles. The summed E-state index contributed by atoms with van der Waals surface area (Å²) in [4.78, 5) is 21.8. The summed E-state index contributed by atoms with van der Waals surface area (Å²) in [5.41, 5.74) is 9.68. The van der Waals surface area contributed by atoms with Gasteiger partial charge in [0.05, 0.1) is 49.7 Å². The standard InChI is InChI=1S/C52H30N8/c1-2-16-32-31(15-1)36-21-13-22-38-35-19-5-8-25-41(35)57(47(36)38)44-28-11-6-20-39(44)49-54-50(58-42-26-9-3-17-33(42)34-18-4-10-27-43(34)58)56-51(55-49)60-48-37(32)23-14-30-46(48)59-45-29-12-7-24-40(45)53-52(59)60/h1-30H. The van der Waals surface area contributed by atoms with Crippen LogP contribution in [0.15, 0.2) is 182 Å². The zero-order valence-electron chi connectivity index (χ0n) is 31.9. The zero-order chi connectivity index (χ0) is 39.1. The van der Waals surface area contributed by atoms with E-state index in [2.05, 4.69) is 194 Å². The molecule has 0 aliphatic rings. The molecule has 0 unspecified atom stereocenters. The number of benzene rings is 8. The number of imidazole rings is 2. The lowest BCUT2D eigenvalue weighted by atomic mass is 10.0. The van der Waals surface area contributed by atoms with E-state index >= 15 is 0 Å². The first-order valence-electron chi connectivity index (χ1n) is 20.2. The van der Waals surface area contributed by atoms with Crippen molar-refractivity contribution in [3.63, 3.8) is 0 Å². The van der Waals surface area contributed by atoms with Crippen molar-refractivity contribution in [2.45, 2.75) is 0 Å². The topological polar surface area (TPSA) is 69.7 Å². The van der Waals surface area contributed by atoms with Gasteiger partial charge < -0.3 is 4.40 Å². The lowest BCUT2D eigenvalue weighted by Crippen LogP contribution is -2.05. The molecule has 0 radical (unpaired) electrons. The van der Waals surface area contributed by atoms with E-state index in [4.69, 9.17) is 19.9 Å². The first kappa shape index (κ1) is 31.7. The molecule has 0 aliphatic heterocycles. The first-order chi connectivity index (χ1) is 29.8. The van der Waals surface area contributed by atoms with Crippen molar-refractivity contribution in [2.24, 2.45) is 0 Å². The van der Waals surface area contributed by atoms with E-state index in [0.29, 0.717) is 17.4 Å². The summed E-state index contributed by atoms with van der Waals surface area (Å²) in [7, 11) is 0. The molecule has 60 heavy (non-hydrogen) atoms. The largest absolute Gasteiger partial charge is 0.308 e. The SMILES string of the molecule is c1ccc2c(c1)nc1n2c2cccc3c4ccccc4c4cccc5c6ccccc6n(c6ccccc6c6nc(-n7c8ccccc8c8ccccc87)nc(n6)n1c32)c45. The number of para-hydroxylation sites is 8. The number of hydrogen-bond acceptors (Lipinski definition) is 4. The lowest BCUT2D eigenvalue weighted by molar-refractivity contribution is 0.975. The summed E-state index contributed by atoms with van der Waals surface area (Å²) in [6.07, 6.45) is 0. The molecular formula is C52H30N8. The Bertz CT molecular complexity index is 4210. The van der Waals surface area contributed by atoms with E-state index in [1.807, 2.05) is 6.07 Å². The summed E-state index contributed by atoms with van der Waals surface area (Å²) >= 11 is 0. The molecule has 0 amide bonds. The Balaban J connectivity index is 1.36. The Hall–Kier alpha value is -8.36. The minimum Gasteiger partial charge on any atom is -0.308 e. The van der Waals surface area contributed by atoms with Crippen LogP contribution in [0.5, 0.6) is 0 Å². The van der Waals surface area contributed by atoms with Crippen molar-refractivity contribution < 1.29 is 0 Å². The fraction of sp³-hybridized carbons (Fsp3) is 0. The predicted molar refractivity (Wildman–Crippen MR) is 245 cm³/mol. The Morgan fingerprint density at radius 2 is 0.750 bits per heavy atom. The predicted octanol–water partition coefficient (Wildman–Crippen LogP) is 12.3. The van der Waals surface area contributed by atoms with Crippen LogP contribution >= 0.6 is 0 Å². The second-order valence-electron chi connectivity index (χ2n) is 15.5. The smallest absolute Gasteiger partial charge is 0.242 e. The summed E-state index contributed by atoms with van der Waals surface area (Å²) in [6, 6.07) is 64.5. The molecule has 0 N–H and O–H groups in total. The van der Waals surface area contributed by atoms with Crippen molar-refractivity contribution >= 4 is 115 Å². The highest BCUT2D eigenvalue weighted by atomic mass is 15.3. The summed E-state index contributed by atoms with van der Waals surface area (Å²) < 4.78 is 8.99. The van der Waals surface area contributed by atoms with Crippen LogP contribution in [0.2, 0.25) is 0 Å². The molecule has 14 rings (SSSR count). The van der Waals surface area contributed by atoms with Crippen LogP contribution < -0.4 is 0 Å². The summed E-state index contributed by atoms with van der Waals surface area (Å²) in [5.74, 6) is 1.73. The van der Waals surface area contributed by atoms with Gasteiger partial charge in [-0.2, -0.15) is 15.0 Å². The Kier molecular flexibility index (Phi) is 6.14. The average Bonchev–Trinajstić information content (AvgIpc) is 4.04.